The van der Waals surface area contributed by atoms with Gasteiger partial charge in [0.1, 0.15) is 5.75 Å². The van der Waals surface area contributed by atoms with Crippen LogP contribution in [0.15, 0.2) is 18.2 Å². The topological polar surface area (TPSA) is 42.0 Å². The lowest BCUT2D eigenvalue weighted by atomic mass is 10.1. The number of carbonyl (C=O) groups is 1. The summed E-state index contributed by atoms with van der Waals surface area (Å²) < 4.78 is 11.0. The van der Waals surface area contributed by atoms with Gasteiger partial charge in [-0.2, -0.15) is 0 Å². The molecule has 2 bridgehead atoms. The van der Waals surface area contributed by atoms with Crippen molar-refractivity contribution in [1.29, 1.82) is 0 Å². The summed E-state index contributed by atoms with van der Waals surface area (Å²) in [5.41, 5.74) is 1.73. The molecule has 2 saturated heterocycles. The van der Waals surface area contributed by atoms with Crippen LogP contribution in [0.3, 0.4) is 0 Å². The molecule has 0 unspecified atom stereocenters. The second-order valence-corrected chi connectivity index (χ2v) is 6.39. The van der Waals surface area contributed by atoms with Crippen molar-refractivity contribution in [2.45, 2.75) is 13.0 Å². The van der Waals surface area contributed by atoms with Gasteiger partial charge in [0.2, 0.25) is 0 Å². The number of hydrogen-bond donors (Lipinski definition) is 0. The fraction of sp³-hybridized carbons (Fsp3) is 0.588. The van der Waals surface area contributed by atoms with E-state index in [1.807, 2.05) is 30.0 Å². The van der Waals surface area contributed by atoms with Crippen molar-refractivity contribution in [3.05, 3.63) is 29.3 Å². The van der Waals surface area contributed by atoms with Crippen LogP contribution in [0.4, 0.5) is 0 Å². The molecular weight excluding hydrogens is 280 g/mol. The summed E-state index contributed by atoms with van der Waals surface area (Å²) in [4.78, 5) is 17.2. The monoisotopic (exact) mass is 304 g/mol. The average molecular weight is 304 g/mol. The molecule has 2 aliphatic heterocycles. The zero-order valence-corrected chi connectivity index (χ0v) is 13.5. The van der Waals surface area contributed by atoms with Crippen molar-refractivity contribution in [2.24, 2.45) is 5.92 Å². The zero-order chi connectivity index (χ0) is 15.7. The average Bonchev–Trinajstić information content (AvgIpc) is 2.74. The highest BCUT2D eigenvalue weighted by Gasteiger charge is 2.33. The fourth-order valence-electron chi connectivity index (χ4n) is 3.41. The fourth-order valence-corrected chi connectivity index (χ4v) is 3.41. The smallest absolute Gasteiger partial charge is 0.253 e. The van der Waals surface area contributed by atoms with Crippen LogP contribution in [0.1, 0.15) is 15.9 Å². The molecule has 0 aromatic heterocycles. The van der Waals surface area contributed by atoms with Crippen LogP contribution in [0, 0.1) is 12.8 Å². The molecule has 0 N–H and O–H groups in total. The first-order valence-electron chi connectivity index (χ1n) is 7.80. The zero-order valence-electron chi connectivity index (χ0n) is 13.5. The van der Waals surface area contributed by atoms with E-state index in [4.69, 9.17) is 9.47 Å². The van der Waals surface area contributed by atoms with Crippen LogP contribution in [0.25, 0.3) is 0 Å². The Labute approximate surface area is 131 Å². The predicted molar refractivity (Wildman–Crippen MR) is 84.4 cm³/mol. The Bertz CT molecular complexity index is 561. The molecule has 2 aliphatic rings. The molecule has 22 heavy (non-hydrogen) atoms. The van der Waals surface area contributed by atoms with E-state index in [2.05, 4.69) is 11.9 Å². The highest BCUT2D eigenvalue weighted by atomic mass is 16.5. The minimum absolute atomic E-state index is 0.109. The number of hydrogen-bond acceptors (Lipinski definition) is 4. The van der Waals surface area contributed by atoms with Gasteiger partial charge in [-0.15, -0.1) is 0 Å². The van der Waals surface area contributed by atoms with E-state index >= 15 is 0 Å². The Morgan fingerprint density at radius 3 is 2.82 bits per heavy atom. The van der Waals surface area contributed by atoms with Crippen LogP contribution < -0.4 is 4.74 Å². The standard InChI is InChI=1S/C17H24N2O3/c1-12-6-14(4-5-16(12)21-3)17(20)19-8-13-7-18(2)15(9-19)11-22-10-13/h4-6,13,15H,7-11H2,1-3H3/t13-,15+/m1/s1. The van der Waals surface area contributed by atoms with E-state index in [1.165, 1.54) is 0 Å². The maximum atomic E-state index is 12.9. The van der Waals surface area contributed by atoms with Gasteiger partial charge < -0.3 is 14.4 Å². The molecule has 0 radical (unpaired) electrons. The predicted octanol–water partition coefficient (Wildman–Crippen LogP) is 1.41. The third kappa shape index (κ3) is 2.96. The first kappa shape index (κ1) is 15.3. The number of likely N-dealkylation sites (N-methyl/N-ethyl adjacent to an activating group) is 1. The van der Waals surface area contributed by atoms with Crippen molar-refractivity contribution in [3.63, 3.8) is 0 Å². The number of benzene rings is 1. The third-order valence-corrected chi connectivity index (χ3v) is 4.67. The molecule has 1 amide bonds. The second kappa shape index (κ2) is 6.26. The Balaban J connectivity index is 1.81. The van der Waals surface area contributed by atoms with E-state index in [9.17, 15) is 4.79 Å². The second-order valence-electron chi connectivity index (χ2n) is 6.39. The van der Waals surface area contributed by atoms with Gasteiger partial charge in [-0.1, -0.05) is 0 Å². The van der Waals surface area contributed by atoms with E-state index in [0.29, 0.717) is 12.5 Å². The maximum Gasteiger partial charge on any atom is 0.253 e. The number of amides is 1. The number of fused-ring (bicyclic) bond motifs is 3. The van der Waals surface area contributed by atoms with Gasteiger partial charge in [-0.25, -0.2) is 0 Å². The summed E-state index contributed by atoms with van der Waals surface area (Å²) in [6.45, 7) is 5.91. The van der Waals surface area contributed by atoms with Gasteiger partial charge in [-0.3, -0.25) is 9.69 Å². The number of carbonyl (C=O) groups excluding carboxylic acids is 1. The van der Waals surface area contributed by atoms with Crippen molar-refractivity contribution < 1.29 is 14.3 Å². The molecule has 3 rings (SSSR count). The molecule has 5 nitrogen and oxygen atoms in total. The van der Waals surface area contributed by atoms with Crippen molar-refractivity contribution in [3.8, 4) is 5.75 Å². The van der Waals surface area contributed by atoms with Crippen molar-refractivity contribution in [1.82, 2.24) is 9.80 Å². The Hall–Kier alpha value is -1.59. The van der Waals surface area contributed by atoms with E-state index in [-0.39, 0.29) is 11.9 Å². The third-order valence-electron chi connectivity index (χ3n) is 4.67. The van der Waals surface area contributed by atoms with Crippen LogP contribution in [0.5, 0.6) is 5.75 Å². The lowest BCUT2D eigenvalue weighted by Gasteiger charge is -2.30. The summed E-state index contributed by atoms with van der Waals surface area (Å²) >= 11 is 0. The van der Waals surface area contributed by atoms with E-state index in [1.54, 1.807) is 7.11 Å². The molecule has 2 atom stereocenters. The lowest BCUT2D eigenvalue weighted by molar-refractivity contribution is 0.0433. The Kier molecular flexibility index (Phi) is 4.36. The van der Waals surface area contributed by atoms with Crippen LogP contribution in [-0.4, -0.2) is 68.8 Å². The molecule has 1 aromatic carbocycles. The molecular formula is C17H24N2O3. The quantitative estimate of drug-likeness (QED) is 0.828. The SMILES string of the molecule is COc1ccc(C(=O)N2C[C@@H]3COC[C@H](C2)N(C)C3)cc1C. The summed E-state index contributed by atoms with van der Waals surface area (Å²) in [6, 6.07) is 5.93. The molecule has 2 heterocycles. The van der Waals surface area contributed by atoms with Gasteiger partial charge in [0.05, 0.1) is 26.4 Å². The Morgan fingerprint density at radius 2 is 2.09 bits per heavy atom. The van der Waals surface area contributed by atoms with Gasteiger partial charge in [0.25, 0.3) is 5.91 Å². The minimum Gasteiger partial charge on any atom is -0.496 e. The molecule has 5 heteroatoms. The van der Waals surface area contributed by atoms with Gasteiger partial charge in [0, 0.05) is 31.1 Å². The van der Waals surface area contributed by atoms with E-state index < -0.39 is 0 Å². The van der Waals surface area contributed by atoms with Crippen LogP contribution in [-0.2, 0) is 4.74 Å². The van der Waals surface area contributed by atoms with Gasteiger partial charge >= 0.3 is 0 Å². The normalized spacial score (nSPS) is 25.7. The molecule has 120 valence electrons. The first-order valence-corrected chi connectivity index (χ1v) is 7.80. The summed E-state index contributed by atoms with van der Waals surface area (Å²) in [7, 11) is 3.77. The molecule has 0 saturated carbocycles. The van der Waals surface area contributed by atoms with Crippen molar-refractivity contribution in [2.75, 3.05) is 47.0 Å². The largest absolute Gasteiger partial charge is 0.496 e. The number of methoxy groups -OCH3 is 1. The molecule has 1 aromatic rings. The summed E-state index contributed by atoms with van der Waals surface area (Å²) in [5.74, 6) is 1.32. The van der Waals surface area contributed by atoms with Gasteiger partial charge in [-0.05, 0) is 37.7 Å². The summed E-state index contributed by atoms with van der Waals surface area (Å²) in [5, 5.41) is 0. The first-order chi connectivity index (χ1) is 10.6. The number of rotatable bonds is 2. The van der Waals surface area contributed by atoms with Crippen molar-refractivity contribution >= 4 is 5.91 Å². The molecule has 0 spiro atoms. The number of ether oxygens (including phenoxy) is 2. The number of aryl methyl sites for hydroxylation is 1. The van der Waals surface area contributed by atoms with Crippen LogP contribution >= 0.6 is 0 Å². The Morgan fingerprint density at radius 1 is 1.27 bits per heavy atom. The molecule has 2 fully saturated rings. The highest BCUT2D eigenvalue weighted by molar-refractivity contribution is 5.94. The highest BCUT2D eigenvalue weighted by Crippen LogP contribution is 2.23. The lowest BCUT2D eigenvalue weighted by Crippen LogP contribution is -2.44. The summed E-state index contributed by atoms with van der Waals surface area (Å²) in [6.07, 6.45) is 0. The van der Waals surface area contributed by atoms with E-state index in [0.717, 1.165) is 43.1 Å². The minimum atomic E-state index is 0.109. The number of nitrogens with zero attached hydrogens (tertiary/aromatic N) is 2. The van der Waals surface area contributed by atoms with Gasteiger partial charge in [0.15, 0.2) is 0 Å². The van der Waals surface area contributed by atoms with Crippen LogP contribution in [0.2, 0.25) is 0 Å². The molecule has 0 aliphatic carbocycles. The maximum absolute atomic E-state index is 12.9.